The predicted molar refractivity (Wildman–Crippen MR) is 148 cm³/mol. The van der Waals surface area contributed by atoms with Crippen LogP contribution >= 0.6 is 12.6 Å². The van der Waals surface area contributed by atoms with Gasteiger partial charge in [0.05, 0.1) is 19.2 Å². The van der Waals surface area contributed by atoms with Crippen molar-refractivity contribution in [1.82, 2.24) is 26.6 Å². The van der Waals surface area contributed by atoms with Gasteiger partial charge in [-0.3, -0.25) is 29.0 Å². The zero-order chi connectivity index (χ0) is 31.0. The van der Waals surface area contributed by atoms with Gasteiger partial charge in [0.15, 0.2) is 5.96 Å². The number of carbonyl (C=O) groups is 6. The number of carboxylic acids is 1. The first-order valence-corrected chi connectivity index (χ1v) is 13.0. The molecule has 0 aliphatic carbocycles. The number of amides is 5. The Kier molecular flexibility index (Phi) is 16.9. The molecule has 0 aliphatic heterocycles. The summed E-state index contributed by atoms with van der Waals surface area (Å²) in [6.45, 7) is 3.38. The first kappa shape index (κ1) is 36.4. The van der Waals surface area contributed by atoms with Gasteiger partial charge < -0.3 is 54.0 Å². The number of nitrogens with two attached hydrogens (primary N) is 3. The van der Waals surface area contributed by atoms with Crippen LogP contribution in [0.1, 0.15) is 33.6 Å². The van der Waals surface area contributed by atoms with Crippen LogP contribution in [0.25, 0.3) is 0 Å². The molecule has 0 bridgehead atoms. The number of hydrogen-bond donors (Lipinski definition) is 11. The van der Waals surface area contributed by atoms with Crippen molar-refractivity contribution < 1.29 is 39.0 Å². The molecule has 5 amide bonds. The molecule has 17 nitrogen and oxygen atoms in total. The van der Waals surface area contributed by atoms with E-state index >= 15 is 0 Å². The fourth-order valence-electron chi connectivity index (χ4n) is 3.03. The Morgan fingerprint density at radius 3 is 1.95 bits per heavy atom. The second kappa shape index (κ2) is 18.6. The van der Waals surface area contributed by atoms with Crippen molar-refractivity contribution in [2.24, 2.45) is 28.1 Å². The van der Waals surface area contributed by atoms with Gasteiger partial charge in [-0.05, 0) is 25.7 Å². The molecular formula is C22H41N9O8S. The monoisotopic (exact) mass is 591 g/mol. The summed E-state index contributed by atoms with van der Waals surface area (Å²) >= 11 is 4.03. The normalized spacial score (nSPS) is 14.5. The van der Waals surface area contributed by atoms with Crippen LogP contribution in [-0.4, -0.2) is 107 Å². The Morgan fingerprint density at radius 1 is 0.875 bits per heavy atom. The Balaban J connectivity index is 4.86. The average Bonchev–Trinajstić information content (AvgIpc) is 2.88. The third kappa shape index (κ3) is 13.9. The molecule has 18 heteroatoms. The Hall–Kier alpha value is -3.64. The lowest BCUT2D eigenvalue weighted by Crippen LogP contribution is -2.59. The van der Waals surface area contributed by atoms with E-state index in [0.29, 0.717) is 6.42 Å². The molecule has 0 rings (SSSR count). The number of carboxylic acid groups (broad SMARTS) is 1. The molecular weight excluding hydrogens is 550 g/mol. The highest BCUT2D eigenvalue weighted by Gasteiger charge is 2.29. The number of aliphatic carboxylic acids is 1. The van der Waals surface area contributed by atoms with E-state index in [2.05, 4.69) is 44.2 Å². The van der Waals surface area contributed by atoms with Crippen LogP contribution in [0.3, 0.4) is 0 Å². The molecule has 0 aromatic carbocycles. The number of nitrogens with zero attached hydrogens (tertiary/aromatic N) is 1. The number of guanidine groups is 1. The molecule has 0 heterocycles. The van der Waals surface area contributed by atoms with Gasteiger partial charge in [-0.25, -0.2) is 4.79 Å². The second-order valence-corrected chi connectivity index (χ2v) is 9.48. The molecule has 0 aromatic heterocycles. The molecule has 5 atom stereocenters. The maximum absolute atomic E-state index is 12.6. The minimum atomic E-state index is -1.49. The van der Waals surface area contributed by atoms with Crippen LogP contribution < -0.4 is 43.8 Å². The third-order valence-electron chi connectivity index (χ3n) is 5.36. The zero-order valence-corrected chi connectivity index (χ0v) is 23.6. The Labute approximate surface area is 237 Å². The summed E-state index contributed by atoms with van der Waals surface area (Å²) in [5.41, 5.74) is 16.3. The van der Waals surface area contributed by atoms with Crippen molar-refractivity contribution in [2.75, 3.05) is 25.4 Å². The van der Waals surface area contributed by atoms with E-state index in [-0.39, 0.29) is 24.7 Å². The molecule has 228 valence electrons. The van der Waals surface area contributed by atoms with Gasteiger partial charge in [0, 0.05) is 12.3 Å². The quantitative estimate of drug-likeness (QED) is 0.0311. The van der Waals surface area contributed by atoms with Crippen LogP contribution in [0.5, 0.6) is 0 Å². The van der Waals surface area contributed by atoms with Gasteiger partial charge in [-0.1, -0.05) is 13.8 Å². The maximum atomic E-state index is 12.6. The average molecular weight is 592 g/mol. The van der Waals surface area contributed by atoms with Crippen molar-refractivity contribution in [2.45, 2.75) is 63.8 Å². The van der Waals surface area contributed by atoms with E-state index in [4.69, 9.17) is 22.3 Å². The van der Waals surface area contributed by atoms with E-state index in [0.717, 1.165) is 0 Å². The van der Waals surface area contributed by atoms with Crippen molar-refractivity contribution in [3.05, 3.63) is 0 Å². The van der Waals surface area contributed by atoms with Crippen LogP contribution in [0, 0.1) is 5.92 Å². The van der Waals surface area contributed by atoms with Crippen LogP contribution in [-0.2, 0) is 28.8 Å². The van der Waals surface area contributed by atoms with Crippen LogP contribution in [0.4, 0.5) is 0 Å². The Bertz CT molecular complexity index is 930. The highest BCUT2D eigenvalue weighted by atomic mass is 32.1. The predicted octanol–water partition coefficient (Wildman–Crippen LogP) is -4.89. The van der Waals surface area contributed by atoms with Gasteiger partial charge in [-0.15, -0.1) is 0 Å². The van der Waals surface area contributed by atoms with Crippen LogP contribution in [0.2, 0.25) is 0 Å². The van der Waals surface area contributed by atoms with E-state index in [1.54, 1.807) is 13.8 Å². The number of rotatable bonds is 18. The summed E-state index contributed by atoms with van der Waals surface area (Å²) in [5, 5.41) is 30.2. The summed E-state index contributed by atoms with van der Waals surface area (Å²) < 4.78 is 0. The first-order valence-electron chi connectivity index (χ1n) is 12.4. The first-order chi connectivity index (χ1) is 18.6. The molecule has 0 aromatic rings. The number of carbonyl (C=O) groups excluding carboxylic acids is 5. The highest BCUT2D eigenvalue weighted by Crippen LogP contribution is 2.01. The third-order valence-corrected chi connectivity index (χ3v) is 5.73. The fourth-order valence-corrected chi connectivity index (χ4v) is 3.28. The number of thiol groups is 1. The summed E-state index contributed by atoms with van der Waals surface area (Å²) in [5.74, 6) is -5.81. The standard InChI is InChI=1S/C22H41N9O8S/c1-10(2)16(21(38)39)31-15(33)7-27-17(34)11(3)28-19(36)13(8-32)29-20(37)14(9-40)30-18(35)12(23)5-4-6-26-22(24)25/h10-14,16,32,40H,4-9,23H2,1-3H3,(H,27,34)(H,28,36)(H,29,37)(H,30,35)(H,31,33)(H,38,39)(H4,24,25,26)/t11-,12-,13-,14-,16-/m0/s1. The molecule has 0 aliphatic rings. The fraction of sp³-hybridized carbons (Fsp3) is 0.682. The van der Waals surface area contributed by atoms with E-state index in [1.165, 1.54) is 6.92 Å². The SMILES string of the molecule is CC(C)[C@H](NC(=O)CNC(=O)[C@H](C)NC(=O)[C@H](CO)NC(=O)[C@H](CS)NC(=O)[C@@H](N)CCCN=C(N)N)C(=O)O. The summed E-state index contributed by atoms with van der Waals surface area (Å²) in [6.07, 6.45) is 0.638. The van der Waals surface area contributed by atoms with Crippen molar-refractivity contribution >= 4 is 54.1 Å². The summed E-state index contributed by atoms with van der Waals surface area (Å²) in [7, 11) is 0. The highest BCUT2D eigenvalue weighted by molar-refractivity contribution is 7.80. The molecule has 0 saturated carbocycles. The van der Waals surface area contributed by atoms with Crippen molar-refractivity contribution in [3.8, 4) is 0 Å². The van der Waals surface area contributed by atoms with E-state index in [9.17, 15) is 33.9 Å². The topological polar surface area (TPSA) is 293 Å². The molecule has 13 N–H and O–H groups in total. The van der Waals surface area contributed by atoms with Crippen molar-refractivity contribution in [1.29, 1.82) is 0 Å². The smallest absolute Gasteiger partial charge is 0.326 e. The van der Waals surface area contributed by atoms with Gasteiger partial charge >= 0.3 is 5.97 Å². The minimum Gasteiger partial charge on any atom is -0.480 e. The number of aliphatic imine (C=N–C) groups is 1. The Morgan fingerprint density at radius 2 is 1.45 bits per heavy atom. The summed E-state index contributed by atoms with van der Waals surface area (Å²) in [6, 6.07) is -5.98. The molecule has 0 saturated heterocycles. The van der Waals surface area contributed by atoms with Gasteiger partial charge in [0.1, 0.15) is 24.2 Å². The van der Waals surface area contributed by atoms with Gasteiger partial charge in [-0.2, -0.15) is 12.6 Å². The van der Waals surface area contributed by atoms with Crippen molar-refractivity contribution in [3.63, 3.8) is 0 Å². The number of aliphatic hydroxyl groups is 1. The second-order valence-electron chi connectivity index (χ2n) is 9.12. The number of nitrogens with one attached hydrogen (secondary N) is 5. The molecule has 0 unspecified atom stereocenters. The largest absolute Gasteiger partial charge is 0.480 e. The van der Waals surface area contributed by atoms with E-state index < -0.39 is 84.8 Å². The molecule has 0 radical (unpaired) electrons. The molecule has 0 spiro atoms. The van der Waals surface area contributed by atoms with Gasteiger partial charge in [0.2, 0.25) is 29.5 Å². The minimum absolute atomic E-state index is 0.0949. The number of hydrogen-bond acceptors (Lipinski definition) is 10. The lowest BCUT2D eigenvalue weighted by Gasteiger charge is -2.23. The van der Waals surface area contributed by atoms with E-state index in [1.807, 2.05) is 0 Å². The zero-order valence-electron chi connectivity index (χ0n) is 22.7. The lowest BCUT2D eigenvalue weighted by molar-refractivity contribution is -0.143. The number of aliphatic hydroxyl groups excluding tert-OH is 1. The van der Waals surface area contributed by atoms with Crippen LogP contribution in [0.15, 0.2) is 4.99 Å². The molecule has 0 fully saturated rings. The van der Waals surface area contributed by atoms with Gasteiger partial charge in [0.25, 0.3) is 0 Å². The maximum Gasteiger partial charge on any atom is 0.326 e. The summed E-state index contributed by atoms with van der Waals surface area (Å²) in [4.78, 5) is 76.7. The lowest BCUT2D eigenvalue weighted by atomic mass is 10.1. The molecule has 40 heavy (non-hydrogen) atoms.